The van der Waals surface area contributed by atoms with Gasteiger partial charge in [0, 0.05) is 0 Å². The van der Waals surface area contributed by atoms with E-state index in [2.05, 4.69) is 34.6 Å². The zero-order valence-corrected chi connectivity index (χ0v) is 26.9. The van der Waals surface area contributed by atoms with Crippen LogP contribution in [-0.2, 0) is 31.5 Å². The third kappa shape index (κ3) is 5.95. The fourth-order valence-electron chi connectivity index (χ4n) is 5.34. The summed E-state index contributed by atoms with van der Waals surface area (Å²) in [6.45, 7) is 10.6. The van der Waals surface area contributed by atoms with Crippen molar-refractivity contribution >= 4 is 19.7 Å². The highest BCUT2D eigenvalue weighted by Crippen LogP contribution is 2.44. The van der Waals surface area contributed by atoms with E-state index in [1.807, 2.05) is 30.3 Å². The summed E-state index contributed by atoms with van der Waals surface area (Å²) in [4.78, 5) is 0.369. The minimum absolute atomic E-state index is 0.0118. The van der Waals surface area contributed by atoms with Crippen molar-refractivity contribution in [2.45, 2.75) is 90.9 Å². The molecule has 6 nitrogen and oxygen atoms in total. The van der Waals surface area contributed by atoms with E-state index in [0.717, 1.165) is 37.0 Å². The molecule has 1 atom stereocenters. The smallest absolute Gasteiger partial charge is 0.206 e. The Balaban J connectivity index is 1.28. The van der Waals surface area contributed by atoms with Crippen LogP contribution in [0.15, 0.2) is 111 Å². The molecule has 5 rings (SSSR count). The average molecular weight is 619 g/mol. The van der Waals surface area contributed by atoms with Gasteiger partial charge in [0.15, 0.2) is 0 Å². The maximum absolute atomic E-state index is 13.3. The van der Waals surface area contributed by atoms with Gasteiger partial charge in [-0.05, 0) is 134 Å². The zero-order valence-electron chi connectivity index (χ0n) is 25.3. The van der Waals surface area contributed by atoms with Gasteiger partial charge in [-0.2, -0.15) is 0 Å². The van der Waals surface area contributed by atoms with Crippen LogP contribution in [0.1, 0.15) is 65.0 Å². The minimum Gasteiger partial charge on any atom is -0.488 e. The lowest BCUT2D eigenvalue weighted by molar-refractivity contribution is 0.0802. The second-order valence-electron chi connectivity index (χ2n) is 11.7. The predicted octanol–water partition coefficient (Wildman–Crippen LogP) is 8.33. The third-order valence-corrected chi connectivity index (χ3v) is 12.4. The molecule has 43 heavy (non-hydrogen) atoms. The normalized spacial score (nSPS) is 16.7. The van der Waals surface area contributed by atoms with Crippen molar-refractivity contribution in [3.05, 3.63) is 102 Å². The van der Waals surface area contributed by atoms with Crippen molar-refractivity contribution in [2.75, 3.05) is 0 Å². The number of sulfone groups is 2. The van der Waals surface area contributed by atoms with Gasteiger partial charge in [-0.3, -0.25) is 0 Å². The van der Waals surface area contributed by atoms with E-state index in [1.165, 1.54) is 42.0 Å². The summed E-state index contributed by atoms with van der Waals surface area (Å²) in [5.41, 5.74) is 2.12. The van der Waals surface area contributed by atoms with Crippen molar-refractivity contribution in [3.8, 4) is 17.2 Å². The number of benzene rings is 4. The van der Waals surface area contributed by atoms with Gasteiger partial charge in [0.25, 0.3) is 0 Å². The second-order valence-corrected chi connectivity index (χ2v) is 15.6. The van der Waals surface area contributed by atoms with Crippen LogP contribution in [0.4, 0.5) is 0 Å². The molecule has 226 valence electrons. The van der Waals surface area contributed by atoms with Gasteiger partial charge in [-0.25, -0.2) is 16.8 Å². The van der Waals surface area contributed by atoms with Gasteiger partial charge in [0.1, 0.15) is 22.8 Å². The molecule has 1 unspecified atom stereocenters. The summed E-state index contributed by atoms with van der Waals surface area (Å²) in [7, 11) is -7.65. The van der Waals surface area contributed by atoms with Crippen LogP contribution in [0.2, 0.25) is 0 Å². The van der Waals surface area contributed by atoms with Crippen molar-refractivity contribution in [2.24, 2.45) is 0 Å². The molecule has 0 bridgehead atoms. The molecule has 0 heterocycles. The summed E-state index contributed by atoms with van der Waals surface area (Å²) >= 11 is 0. The van der Waals surface area contributed by atoms with Crippen molar-refractivity contribution in [1.82, 2.24) is 0 Å². The highest BCUT2D eigenvalue weighted by atomic mass is 32.2. The monoisotopic (exact) mass is 618 g/mol. The van der Waals surface area contributed by atoms with Gasteiger partial charge < -0.3 is 9.47 Å². The zero-order chi connectivity index (χ0) is 31.0. The van der Waals surface area contributed by atoms with E-state index in [1.54, 1.807) is 24.3 Å². The maximum atomic E-state index is 13.3. The summed E-state index contributed by atoms with van der Waals surface area (Å²) in [6, 6.07) is 24.2. The maximum Gasteiger partial charge on any atom is 0.206 e. The van der Waals surface area contributed by atoms with Crippen molar-refractivity contribution in [3.63, 3.8) is 0 Å². The van der Waals surface area contributed by atoms with Crippen LogP contribution >= 0.6 is 0 Å². The predicted molar refractivity (Wildman–Crippen MR) is 168 cm³/mol. The first-order chi connectivity index (χ1) is 20.3. The Kier molecular flexibility index (Phi) is 8.22. The van der Waals surface area contributed by atoms with Crippen LogP contribution in [0.25, 0.3) is 0 Å². The molecule has 4 aromatic rings. The minimum atomic E-state index is -3.87. The molecule has 0 saturated carbocycles. The molecule has 8 heteroatoms. The Bertz CT molecular complexity index is 1820. The Morgan fingerprint density at radius 2 is 1.07 bits per heavy atom. The first-order valence-corrected chi connectivity index (χ1v) is 17.6. The fraction of sp³-hybridized carbons (Fsp3) is 0.314. The lowest BCUT2D eigenvalue weighted by atomic mass is 9.64. The highest BCUT2D eigenvalue weighted by Gasteiger charge is 2.37. The van der Waals surface area contributed by atoms with Crippen LogP contribution in [0.3, 0.4) is 0 Å². The number of ether oxygens (including phenoxy) is 2. The van der Waals surface area contributed by atoms with E-state index < -0.39 is 19.7 Å². The highest BCUT2D eigenvalue weighted by molar-refractivity contribution is 7.92. The SMILES string of the molecule is CCC(C)(CC)Oc1ccc(Oc2ccc(S(=O)(=O)c3ccc(S(=O)(=O)c4ccc5c(c4)CC5(C)CC)cc3)cc2)cc1. The van der Waals surface area contributed by atoms with Crippen LogP contribution in [-0.4, -0.2) is 22.4 Å². The number of rotatable bonds is 11. The Morgan fingerprint density at radius 3 is 1.53 bits per heavy atom. The van der Waals surface area contributed by atoms with Gasteiger partial charge in [-0.1, -0.05) is 33.8 Å². The van der Waals surface area contributed by atoms with E-state index >= 15 is 0 Å². The van der Waals surface area contributed by atoms with Crippen molar-refractivity contribution < 1.29 is 26.3 Å². The molecule has 0 N–H and O–H groups in total. The number of hydrogen-bond donors (Lipinski definition) is 0. The van der Waals surface area contributed by atoms with Gasteiger partial charge in [-0.15, -0.1) is 0 Å². The first kappa shape index (κ1) is 30.8. The topological polar surface area (TPSA) is 86.7 Å². The lowest BCUT2D eigenvalue weighted by Crippen LogP contribution is -2.35. The average Bonchev–Trinajstić information content (AvgIpc) is 3.01. The number of fused-ring (bicyclic) bond motifs is 1. The van der Waals surface area contributed by atoms with Gasteiger partial charge in [0.2, 0.25) is 19.7 Å². The standard InChI is InChI=1S/C35H38O6S2/c1-6-34(4)24-25-23-32(21-22-33(25)34)43(38,39)31-19-17-30(18-20-31)42(36,37)29-15-13-27(14-16-29)40-26-9-11-28(12-10-26)41-35(5,7-2)8-3/h9-23H,6-8,24H2,1-5H3. The summed E-state index contributed by atoms with van der Waals surface area (Å²) < 4.78 is 65.3. The molecule has 0 fully saturated rings. The Labute approximate surface area is 255 Å². The summed E-state index contributed by atoms with van der Waals surface area (Å²) in [6.07, 6.45) is 3.64. The molecule has 0 radical (unpaired) electrons. The molecular weight excluding hydrogens is 581 g/mol. The lowest BCUT2D eigenvalue weighted by Gasteiger charge is -2.41. The van der Waals surface area contributed by atoms with Gasteiger partial charge in [0.05, 0.1) is 19.6 Å². The Morgan fingerprint density at radius 1 is 0.651 bits per heavy atom. The van der Waals surface area contributed by atoms with E-state index in [-0.39, 0.29) is 30.6 Å². The molecule has 0 aliphatic heterocycles. The Hall–Kier alpha value is -3.62. The van der Waals surface area contributed by atoms with E-state index in [0.29, 0.717) is 11.5 Å². The molecule has 1 aliphatic carbocycles. The summed E-state index contributed by atoms with van der Waals surface area (Å²) in [5.74, 6) is 1.84. The quantitative estimate of drug-likeness (QED) is 0.168. The number of hydrogen-bond acceptors (Lipinski definition) is 6. The molecule has 0 amide bonds. The molecule has 0 aromatic heterocycles. The van der Waals surface area contributed by atoms with E-state index in [9.17, 15) is 16.8 Å². The van der Waals surface area contributed by atoms with Crippen molar-refractivity contribution in [1.29, 1.82) is 0 Å². The third-order valence-electron chi connectivity index (χ3n) is 8.90. The molecule has 0 spiro atoms. The van der Waals surface area contributed by atoms with Crippen LogP contribution in [0.5, 0.6) is 17.2 Å². The molecule has 0 saturated heterocycles. The second kappa shape index (κ2) is 11.5. The summed E-state index contributed by atoms with van der Waals surface area (Å²) in [5, 5.41) is 0. The molecule has 4 aromatic carbocycles. The van der Waals surface area contributed by atoms with Gasteiger partial charge >= 0.3 is 0 Å². The fourth-order valence-corrected chi connectivity index (χ4v) is 7.92. The van der Waals surface area contributed by atoms with E-state index in [4.69, 9.17) is 9.47 Å². The van der Waals surface area contributed by atoms with Crippen LogP contribution in [0, 0.1) is 0 Å². The largest absolute Gasteiger partial charge is 0.488 e. The molecular formula is C35H38O6S2. The van der Waals surface area contributed by atoms with Crippen LogP contribution < -0.4 is 9.47 Å². The molecule has 1 aliphatic rings. The first-order valence-electron chi connectivity index (χ1n) is 14.6.